The van der Waals surface area contributed by atoms with E-state index in [1.54, 1.807) is 0 Å². The molecule has 0 bridgehead atoms. The average molecular weight is 353 g/mol. The molecule has 0 atom stereocenters. The Kier molecular flexibility index (Phi) is 4.29. The first kappa shape index (κ1) is 14.5. The molecule has 0 amide bonds. The van der Waals surface area contributed by atoms with Crippen LogP contribution in [0.2, 0.25) is 0 Å². The Morgan fingerprint density at radius 1 is 1.47 bits per heavy atom. The summed E-state index contributed by atoms with van der Waals surface area (Å²) in [6, 6.07) is 0.844. The van der Waals surface area contributed by atoms with Crippen LogP contribution in [0.5, 0.6) is 0 Å². The van der Waals surface area contributed by atoms with E-state index in [0.717, 1.165) is 19.2 Å². The van der Waals surface area contributed by atoms with Crippen molar-refractivity contribution in [3.8, 4) is 0 Å². The summed E-state index contributed by atoms with van der Waals surface area (Å²) in [4.78, 5) is 10.6. The topological polar surface area (TPSA) is 109 Å². The third-order valence-electron chi connectivity index (χ3n) is 2.82. The highest BCUT2D eigenvalue weighted by atomic mass is 79.9. The number of piperidine rings is 1. The zero-order chi connectivity index (χ0) is 14.0. The second-order valence-electron chi connectivity index (χ2n) is 4.20. The van der Waals surface area contributed by atoms with E-state index < -0.39 is 21.8 Å². The molecule has 1 aliphatic heterocycles. The Balaban J connectivity index is 2.21. The first-order valence-electron chi connectivity index (χ1n) is 5.66. The number of carboxylic acids is 1. The Bertz CT molecular complexity index is 577. The van der Waals surface area contributed by atoms with Gasteiger partial charge in [0, 0.05) is 12.1 Å². The summed E-state index contributed by atoms with van der Waals surface area (Å²) < 4.78 is 31.6. The van der Waals surface area contributed by atoms with Gasteiger partial charge < -0.3 is 14.8 Å². The SMILES string of the molecule is O=C(O)c1cc(S(=O)(=O)NC2CCNCC2)c(Br)o1. The van der Waals surface area contributed by atoms with Gasteiger partial charge in [0.05, 0.1) is 0 Å². The predicted molar refractivity (Wildman–Crippen MR) is 69.6 cm³/mol. The molecule has 0 aliphatic carbocycles. The molecule has 0 saturated carbocycles. The summed E-state index contributed by atoms with van der Waals surface area (Å²) in [5.74, 6) is -1.73. The first-order valence-corrected chi connectivity index (χ1v) is 7.93. The molecule has 1 aromatic rings. The van der Waals surface area contributed by atoms with E-state index in [1.807, 2.05) is 0 Å². The lowest BCUT2D eigenvalue weighted by Gasteiger charge is -2.23. The van der Waals surface area contributed by atoms with Crippen molar-refractivity contribution >= 4 is 31.9 Å². The lowest BCUT2D eigenvalue weighted by molar-refractivity contribution is 0.0661. The summed E-state index contributed by atoms with van der Waals surface area (Å²) in [5.41, 5.74) is 0. The van der Waals surface area contributed by atoms with Gasteiger partial charge in [-0.25, -0.2) is 17.9 Å². The largest absolute Gasteiger partial charge is 0.475 e. The van der Waals surface area contributed by atoms with Gasteiger partial charge in [-0.2, -0.15) is 0 Å². The van der Waals surface area contributed by atoms with Gasteiger partial charge in [0.1, 0.15) is 4.90 Å². The van der Waals surface area contributed by atoms with Crippen LogP contribution in [-0.4, -0.2) is 38.6 Å². The van der Waals surface area contributed by atoms with Gasteiger partial charge in [-0.1, -0.05) is 0 Å². The molecule has 19 heavy (non-hydrogen) atoms. The van der Waals surface area contributed by atoms with Crippen LogP contribution >= 0.6 is 15.9 Å². The molecule has 0 radical (unpaired) electrons. The van der Waals surface area contributed by atoms with E-state index in [0.29, 0.717) is 12.8 Å². The number of carboxylic acid groups (broad SMARTS) is 1. The van der Waals surface area contributed by atoms with Crippen molar-refractivity contribution in [2.24, 2.45) is 0 Å². The highest BCUT2D eigenvalue weighted by molar-refractivity contribution is 9.10. The summed E-state index contributed by atoms with van der Waals surface area (Å²) >= 11 is 2.92. The highest BCUT2D eigenvalue weighted by Crippen LogP contribution is 2.26. The van der Waals surface area contributed by atoms with Gasteiger partial charge >= 0.3 is 5.97 Å². The Labute approximate surface area is 118 Å². The van der Waals surface area contributed by atoms with E-state index in [9.17, 15) is 13.2 Å². The van der Waals surface area contributed by atoms with E-state index in [-0.39, 0.29) is 15.6 Å². The quantitative estimate of drug-likeness (QED) is 0.738. The number of aromatic carboxylic acids is 1. The van der Waals surface area contributed by atoms with Gasteiger partial charge in [0.15, 0.2) is 4.67 Å². The molecule has 0 unspecified atom stereocenters. The maximum Gasteiger partial charge on any atom is 0.371 e. The van der Waals surface area contributed by atoms with Crippen LogP contribution in [0.25, 0.3) is 0 Å². The number of carbonyl (C=O) groups is 1. The van der Waals surface area contributed by atoms with Crippen LogP contribution in [0.4, 0.5) is 0 Å². The minimum absolute atomic E-state index is 0.105. The van der Waals surface area contributed by atoms with E-state index >= 15 is 0 Å². The zero-order valence-corrected chi connectivity index (χ0v) is 12.3. The van der Waals surface area contributed by atoms with Crippen LogP contribution < -0.4 is 10.0 Å². The number of hydrogen-bond donors (Lipinski definition) is 3. The fraction of sp³-hybridized carbons (Fsp3) is 0.500. The second kappa shape index (κ2) is 5.61. The number of furan rings is 1. The number of hydrogen-bond acceptors (Lipinski definition) is 5. The van der Waals surface area contributed by atoms with Gasteiger partial charge in [-0.3, -0.25) is 0 Å². The van der Waals surface area contributed by atoms with Crippen LogP contribution in [0.1, 0.15) is 23.4 Å². The van der Waals surface area contributed by atoms with E-state index in [2.05, 4.69) is 26.0 Å². The average Bonchev–Trinajstić information content (AvgIpc) is 2.73. The van der Waals surface area contributed by atoms with Crippen molar-refractivity contribution < 1.29 is 22.7 Å². The molecular formula is C10H13BrN2O5S. The molecule has 9 heteroatoms. The van der Waals surface area contributed by atoms with E-state index in [4.69, 9.17) is 9.52 Å². The summed E-state index contributed by atoms with van der Waals surface area (Å²) in [6.45, 7) is 1.50. The molecule has 3 N–H and O–H groups in total. The molecule has 0 spiro atoms. The smallest absolute Gasteiger partial charge is 0.371 e. The summed E-state index contributed by atoms with van der Waals surface area (Å²) in [6.07, 6.45) is 1.39. The van der Waals surface area contributed by atoms with Crippen molar-refractivity contribution in [2.45, 2.75) is 23.8 Å². The lowest BCUT2D eigenvalue weighted by atomic mass is 10.1. The Morgan fingerprint density at radius 3 is 2.63 bits per heavy atom. The van der Waals surface area contributed by atoms with Crippen molar-refractivity contribution in [2.75, 3.05) is 13.1 Å². The molecule has 1 saturated heterocycles. The monoisotopic (exact) mass is 352 g/mol. The fourth-order valence-electron chi connectivity index (χ4n) is 1.86. The maximum atomic E-state index is 12.1. The summed E-state index contributed by atoms with van der Waals surface area (Å²) in [7, 11) is -3.78. The maximum absolute atomic E-state index is 12.1. The van der Waals surface area contributed by atoms with Gasteiger partial charge in [0.2, 0.25) is 15.8 Å². The van der Waals surface area contributed by atoms with Crippen molar-refractivity contribution in [1.29, 1.82) is 0 Å². The molecular weight excluding hydrogens is 340 g/mol. The molecule has 1 aliphatic rings. The van der Waals surface area contributed by atoms with Gasteiger partial charge in [0.25, 0.3) is 0 Å². The molecule has 1 fully saturated rings. The Hall–Kier alpha value is -0.900. The van der Waals surface area contributed by atoms with Crippen LogP contribution in [0, 0.1) is 0 Å². The van der Waals surface area contributed by atoms with Gasteiger partial charge in [-0.15, -0.1) is 0 Å². The standard InChI is InChI=1S/C10H13BrN2O5S/c11-9-8(5-7(18-9)10(14)15)19(16,17)13-6-1-3-12-4-2-6/h5-6,12-13H,1-4H2,(H,14,15). The zero-order valence-electron chi connectivity index (χ0n) is 9.85. The molecule has 2 rings (SSSR count). The number of halogens is 1. The molecule has 0 aromatic carbocycles. The third kappa shape index (κ3) is 3.35. The molecule has 1 aromatic heterocycles. The van der Waals surface area contributed by atoms with E-state index in [1.165, 1.54) is 0 Å². The molecule has 106 valence electrons. The summed E-state index contributed by atoms with van der Waals surface area (Å²) in [5, 5.41) is 11.9. The highest BCUT2D eigenvalue weighted by Gasteiger charge is 2.27. The van der Waals surface area contributed by atoms with Crippen LogP contribution in [0.15, 0.2) is 20.0 Å². The minimum atomic E-state index is -3.78. The van der Waals surface area contributed by atoms with Gasteiger partial charge in [-0.05, 0) is 41.9 Å². The van der Waals surface area contributed by atoms with Crippen LogP contribution in [0.3, 0.4) is 0 Å². The van der Waals surface area contributed by atoms with Crippen molar-refractivity contribution in [3.05, 3.63) is 16.5 Å². The van der Waals surface area contributed by atoms with Crippen LogP contribution in [-0.2, 0) is 10.0 Å². The fourth-order valence-corrected chi connectivity index (χ4v) is 4.11. The number of sulfonamides is 1. The minimum Gasteiger partial charge on any atom is -0.475 e. The lowest BCUT2D eigenvalue weighted by Crippen LogP contribution is -2.42. The predicted octanol–water partition coefficient (Wildman–Crippen LogP) is 0.771. The molecule has 7 nitrogen and oxygen atoms in total. The third-order valence-corrected chi connectivity index (χ3v) is 5.19. The second-order valence-corrected chi connectivity index (χ2v) is 6.60. The molecule has 2 heterocycles. The number of rotatable bonds is 4. The van der Waals surface area contributed by atoms with Crippen molar-refractivity contribution in [1.82, 2.24) is 10.0 Å². The normalized spacial score (nSPS) is 17.5. The van der Waals surface area contributed by atoms with Crippen molar-refractivity contribution in [3.63, 3.8) is 0 Å². The Morgan fingerprint density at radius 2 is 2.11 bits per heavy atom. The number of nitrogens with one attached hydrogen (secondary N) is 2. The first-order chi connectivity index (χ1) is 8.90.